The molecule has 2 aromatic rings. The Balaban J connectivity index is 2.34. The van der Waals surface area contributed by atoms with Gasteiger partial charge in [0.1, 0.15) is 4.88 Å². The average Bonchev–Trinajstić information content (AvgIpc) is 2.79. The molecule has 21 heavy (non-hydrogen) atoms. The summed E-state index contributed by atoms with van der Waals surface area (Å²) in [5.41, 5.74) is 6.61. The number of nitrogens with zero attached hydrogens (tertiary/aromatic N) is 1. The molecular weight excluding hydrogens is 308 g/mol. The molecule has 0 spiro atoms. The lowest BCUT2D eigenvalue weighted by molar-refractivity contribution is 0.0725. The number of anilines is 1. The molecule has 1 heterocycles. The molecule has 0 bridgehead atoms. The molecule has 0 saturated carbocycles. The van der Waals surface area contributed by atoms with Crippen LogP contribution in [0.2, 0.25) is 5.02 Å². The van der Waals surface area contributed by atoms with Gasteiger partial charge in [0, 0.05) is 28.2 Å². The van der Waals surface area contributed by atoms with Gasteiger partial charge in [-0.2, -0.15) is 0 Å². The van der Waals surface area contributed by atoms with Crippen LogP contribution < -0.4 is 5.73 Å². The van der Waals surface area contributed by atoms with E-state index in [1.807, 2.05) is 12.1 Å². The van der Waals surface area contributed by atoms with Crippen molar-refractivity contribution in [3.05, 3.63) is 28.1 Å². The van der Waals surface area contributed by atoms with E-state index >= 15 is 0 Å². The van der Waals surface area contributed by atoms with Crippen LogP contribution in [-0.2, 0) is 0 Å². The van der Waals surface area contributed by atoms with Crippen molar-refractivity contribution in [3.63, 3.8) is 0 Å². The number of benzene rings is 1. The van der Waals surface area contributed by atoms with Gasteiger partial charge in [-0.1, -0.05) is 24.9 Å². The van der Waals surface area contributed by atoms with E-state index < -0.39 is 0 Å². The minimum absolute atomic E-state index is 0.0495. The first kappa shape index (κ1) is 16.1. The maximum absolute atomic E-state index is 12.6. The van der Waals surface area contributed by atoms with Crippen LogP contribution in [0.1, 0.15) is 29.4 Å². The number of hydrogen-bond donors (Lipinski definition) is 2. The molecule has 0 radical (unpaired) electrons. The summed E-state index contributed by atoms with van der Waals surface area (Å²) in [6.07, 6.45) is 1.90. The molecule has 1 amide bonds. The molecule has 1 aromatic heterocycles. The van der Waals surface area contributed by atoms with Gasteiger partial charge in [0.15, 0.2) is 0 Å². The van der Waals surface area contributed by atoms with E-state index in [1.54, 1.807) is 11.0 Å². The Morgan fingerprint density at radius 2 is 2.19 bits per heavy atom. The average molecular weight is 327 g/mol. The predicted octanol–water partition coefficient (Wildman–Crippen LogP) is 3.37. The van der Waals surface area contributed by atoms with Crippen LogP contribution in [-0.4, -0.2) is 35.6 Å². The number of aliphatic hydroxyl groups is 1. The molecule has 0 fully saturated rings. The summed E-state index contributed by atoms with van der Waals surface area (Å²) in [5.74, 6) is -0.118. The number of thiophene rings is 1. The molecule has 0 aliphatic heterocycles. The minimum atomic E-state index is -0.118. The molecule has 0 aliphatic carbocycles. The molecule has 114 valence electrons. The molecule has 1 aromatic carbocycles. The standard InChI is InChI=1S/C15H19ClN2O2S/c1-2-3-6-18(7-8-19)15(20)14-13(17)11-5-4-10(16)9-12(11)21-14/h4-5,9,19H,2-3,6-8,17H2,1H3. The van der Waals surface area contributed by atoms with Gasteiger partial charge in [-0.05, 0) is 24.6 Å². The Morgan fingerprint density at radius 3 is 2.86 bits per heavy atom. The third-order valence-electron chi connectivity index (χ3n) is 3.32. The first-order valence-electron chi connectivity index (χ1n) is 6.96. The normalized spacial score (nSPS) is 11.0. The van der Waals surface area contributed by atoms with E-state index in [2.05, 4.69) is 6.92 Å². The van der Waals surface area contributed by atoms with Gasteiger partial charge in [-0.15, -0.1) is 11.3 Å². The summed E-state index contributed by atoms with van der Waals surface area (Å²) in [4.78, 5) is 14.8. The van der Waals surface area contributed by atoms with Crippen LogP contribution in [0.3, 0.4) is 0 Å². The van der Waals surface area contributed by atoms with Crippen LogP contribution in [0, 0.1) is 0 Å². The number of nitrogen functional groups attached to an aromatic ring is 1. The van der Waals surface area contributed by atoms with Crippen molar-refractivity contribution in [2.24, 2.45) is 0 Å². The summed E-state index contributed by atoms with van der Waals surface area (Å²) in [6.45, 7) is 2.97. The fourth-order valence-electron chi connectivity index (χ4n) is 2.18. The van der Waals surface area contributed by atoms with Crippen molar-refractivity contribution in [3.8, 4) is 0 Å². The van der Waals surface area contributed by atoms with E-state index in [0.29, 0.717) is 28.7 Å². The zero-order valence-corrected chi connectivity index (χ0v) is 13.5. The molecule has 3 N–H and O–H groups in total. The third kappa shape index (κ3) is 3.48. The zero-order chi connectivity index (χ0) is 15.4. The third-order valence-corrected chi connectivity index (χ3v) is 4.71. The summed E-state index contributed by atoms with van der Waals surface area (Å²) in [5, 5.41) is 10.6. The van der Waals surface area contributed by atoms with E-state index in [-0.39, 0.29) is 12.5 Å². The number of unbranched alkanes of at least 4 members (excludes halogenated alkanes) is 1. The first-order valence-corrected chi connectivity index (χ1v) is 8.15. The summed E-state index contributed by atoms with van der Waals surface area (Å²) < 4.78 is 0.905. The lowest BCUT2D eigenvalue weighted by Crippen LogP contribution is -2.34. The topological polar surface area (TPSA) is 66.6 Å². The lowest BCUT2D eigenvalue weighted by Gasteiger charge is -2.21. The fraction of sp³-hybridized carbons (Fsp3) is 0.400. The van der Waals surface area contributed by atoms with E-state index in [4.69, 9.17) is 22.4 Å². The van der Waals surface area contributed by atoms with Crippen molar-refractivity contribution in [2.75, 3.05) is 25.4 Å². The number of carbonyl (C=O) groups excluding carboxylic acids is 1. The smallest absolute Gasteiger partial charge is 0.266 e. The number of halogens is 1. The van der Waals surface area contributed by atoms with Crippen molar-refractivity contribution in [2.45, 2.75) is 19.8 Å². The second-order valence-corrected chi connectivity index (χ2v) is 6.34. The number of fused-ring (bicyclic) bond motifs is 1. The van der Waals surface area contributed by atoms with Crippen molar-refractivity contribution in [1.82, 2.24) is 4.90 Å². The summed E-state index contributed by atoms with van der Waals surface area (Å²) in [6, 6.07) is 5.42. The van der Waals surface area contributed by atoms with E-state index in [9.17, 15) is 4.79 Å². The van der Waals surface area contributed by atoms with Crippen molar-refractivity contribution >= 4 is 44.6 Å². The van der Waals surface area contributed by atoms with E-state index in [1.165, 1.54) is 11.3 Å². The Hall–Kier alpha value is -1.30. The maximum atomic E-state index is 12.6. The van der Waals surface area contributed by atoms with Gasteiger partial charge in [-0.3, -0.25) is 4.79 Å². The van der Waals surface area contributed by atoms with Crippen molar-refractivity contribution < 1.29 is 9.90 Å². The molecule has 4 nitrogen and oxygen atoms in total. The number of amides is 1. The number of rotatable bonds is 6. The Morgan fingerprint density at radius 1 is 1.43 bits per heavy atom. The number of nitrogens with two attached hydrogens (primary N) is 1. The van der Waals surface area contributed by atoms with Crippen LogP contribution >= 0.6 is 22.9 Å². The van der Waals surface area contributed by atoms with Gasteiger partial charge in [0.05, 0.1) is 12.3 Å². The largest absolute Gasteiger partial charge is 0.397 e. The Kier molecular flexibility index (Phi) is 5.45. The highest BCUT2D eigenvalue weighted by Crippen LogP contribution is 2.35. The molecule has 0 saturated heterocycles. The second kappa shape index (κ2) is 7.11. The number of aliphatic hydroxyl groups excluding tert-OH is 1. The minimum Gasteiger partial charge on any atom is -0.397 e. The number of hydrogen-bond acceptors (Lipinski definition) is 4. The molecule has 0 atom stereocenters. The highest BCUT2D eigenvalue weighted by molar-refractivity contribution is 7.21. The zero-order valence-electron chi connectivity index (χ0n) is 11.9. The van der Waals surface area contributed by atoms with Gasteiger partial charge in [-0.25, -0.2) is 0 Å². The lowest BCUT2D eigenvalue weighted by atomic mass is 10.2. The van der Waals surface area contributed by atoms with Gasteiger partial charge >= 0.3 is 0 Å². The first-order chi connectivity index (χ1) is 10.1. The summed E-state index contributed by atoms with van der Waals surface area (Å²) in [7, 11) is 0. The SMILES string of the molecule is CCCCN(CCO)C(=O)c1sc2cc(Cl)ccc2c1N. The predicted molar refractivity (Wildman–Crippen MR) is 89.1 cm³/mol. The molecule has 6 heteroatoms. The number of carbonyl (C=O) groups is 1. The second-order valence-electron chi connectivity index (χ2n) is 4.85. The molecular formula is C15H19ClN2O2S. The monoisotopic (exact) mass is 326 g/mol. The highest BCUT2D eigenvalue weighted by Gasteiger charge is 2.21. The van der Waals surface area contributed by atoms with Gasteiger partial charge < -0.3 is 15.7 Å². The molecule has 0 aliphatic rings. The summed E-state index contributed by atoms with van der Waals surface area (Å²) >= 11 is 7.33. The van der Waals surface area contributed by atoms with Crippen LogP contribution in [0.25, 0.3) is 10.1 Å². The highest BCUT2D eigenvalue weighted by atomic mass is 35.5. The maximum Gasteiger partial charge on any atom is 0.266 e. The van der Waals surface area contributed by atoms with Crippen LogP contribution in [0.5, 0.6) is 0 Å². The molecule has 0 unspecified atom stereocenters. The fourth-order valence-corrected chi connectivity index (χ4v) is 3.54. The van der Waals surface area contributed by atoms with Gasteiger partial charge in [0.25, 0.3) is 5.91 Å². The van der Waals surface area contributed by atoms with Crippen molar-refractivity contribution in [1.29, 1.82) is 0 Å². The Bertz CT molecular complexity index is 642. The Labute approximate surface area is 133 Å². The van der Waals surface area contributed by atoms with Gasteiger partial charge in [0.2, 0.25) is 0 Å². The molecule has 2 rings (SSSR count). The van der Waals surface area contributed by atoms with E-state index in [0.717, 1.165) is 22.9 Å². The van der Waals surface area contributed by atoms with Crippen LogP contribution in [0.4, 0.5) is 5.69 Å². The quantitative estimate of drug-likeness (QED) is 0.855. The van der Waals surface area contributed by atoms with Crippen LogP contribution in [0.15, 0.2) is 18.2 Å².